The van der Waals surface area contributed by atoms with Gasteiger partial charge in [0, 0.05) is 18.0 Å². The van der Waals surface area contributed by atoms with Gasteiger partial charge >= 0.3 is 0 Å². The van der Waals surface area contributed by atoms with Gasteiger partial charge in [0.25, 0.3) is 5.91 Å². The Morgan fingerprint density at radius 1 is 1.36 bits per heavy atom. The zero-order chi connectivity index (χ0) is 18.1. The molecule has 0 saturated carbocycles. The van der Waals surface area contributed by atoms with Gasteiger partial charge < -0.3 is 10.0 Å². The van der Waals surface area contributed by atoms with Gasteiger partial charge in [-0.25, -0.2) is 9.67 Å². The molecule has 1 atom stereocenters. The molecule has 0 spiro atoms. The predicted octanol–water partition coefficient (Wildman–Crippen LogP) is 2.27. The van der Waals surface area contributed by atoms with Crippen molar-refractivity contribution in [1.29, 1.82) is 0 Å². The molecule has 8 nitrogen and oxygen atoms in total. The van der Waals surface area contributed by atoms with Crippen LogP contribution in [-0.2, 0) is 0 Å². The highest BCUT2D eigenvalue weighted by molar-refractivity contribution is 7.11. The van der Waals surface area contributed by atoms with Gasteiger partial charge in [0.2, 0.25) is 0 Å². The van der Waals surface area contributed by atoms with Gasteiger partial charge in [0.1, 0.15) is 12.1 Å². The summed E-state index contributed by atoms with van der Waals surface area (Å²) in [4.78, 5) is 20.0. The van der Waals surface area contributed by atoms with E-state index in [1.807, 2.05) is 20.8 Å². The highest BCUT2D eigenvalue weighted by Gasteiger charge is 2.24. The first-order chi connectivity index (χ1) is 11.9. The Morgan fingerprint density at radius 3 is 2.68 bits per heavy atom. The van der Waals surface area contributed by atoms with Crippen LogP contribution in [0, 0.1) is 13.8 Å². The summed E-state index contributed by atoms with van der Waals surface area (Å²) < 4.78 is 1.40. The molecule has 3 aromatic rings. The van der Waals surface area contributed by atoms with E-state index in [0.29, 0.717) is 5.69 Å². The molecule has 9 heteroatoms. The largest absolute Gasteiger partial charge is 0.507 e. The molecule has 0 aliphatic rings. The number of nitrogens with zero attached hydrogens (tertiary/aromatic N) is 6. The molecule has 130 valence electrons. The number of phenolic OH excluding ortho intramolecular Hbond substituents is 1. The van der Waals surface area contributed by atoms with Gasteiger partial charge in [0.05, 0.1) is 28.0 Å². The minimum Gasteiger partial charge on any atom is -0.507 e. The second-order valence-corrected chi connectivity index (χ2v) is 7.13. The lowest BCUT2D eigenvalue weighted by Gasteiger charge is -2.24. The normalized spacial score (nSPS) is 12.2. The summed E-state index contributed by atoms with van der Waals surface area (Å²) in [6, 6.07) is 4.51. The van der Waals surface area contributed by atoms with Crippen molar-refractivity contribution >= 4 is 17.2 Å². The van der Waals surface area contributed by atoms with E-state index in [0.717, 1.165) is 15.6 Å². The van der Waals surface area contributed by atoms with Crippen molar-refractivity contribution in [2.45, 2.75) is 26.8 Å². The van der Waals surface area contributed by atoms with Crippen LogP contribution in [0.1, 0.15) is 38.9 Å². The van der Waals surface area contributed by atoms with E-state index in [2.05, 4.69) is 20.5 Å². The standard InChI is InChI=1S/C16H18N6O2S/c1-9(15-10(2)25-11(3)18-15)21(4)16(24)13-6-5-12(7-14(13)23)22-8-17-19-20-22/h5-9,23H,1-4H3/t9-/m0/s1. The van der Waals surface area contributed by atoms with E-state index in [-0.39, 0.29) is 23.3 Å². The molecule has 2 aromatic heterocycles. The van der Waals surface area contributed by atoms with Crippen molar-refractivity contribution < 1.29 is 9.90 Å². The highest BCUT2D eigenvalue weighted by Crippen LogP contribution is 2.29. The molecular formula is C16H18N6O2S. The van der Waals surface area contributed by atoms with Crippen molar-refractivity contribution in [2.24, 2.45) is 0 Å². The van der Waals surface area contributed by atoms with E-state index >= 15 is 0 Å². The number of carbonyl (C=O) groups is 1. The number of phenols is 1. The van der Waals surface area contributed by atoms with E-state index in [1.165, 1.54) is 17.1 Å². The summed E-state index contributed by atoms with van der Waals surface area (Å²) >= 11 is 1.61. The Balaban J connectivity index is 1.86. The van der Waals surface area contributed by atoms with Gasteiger partial charge in [-0.3, -0.25) is 4.79 Å². The first kappa shape index (κ1) is 17.0. The van der Waals surface area contributed by atoms with Crippen molar-refractivity contribution in [1.82, 2.24) is 30.1 Å². The first-order valence-corrected chi connectivity index (χ1v) is 8.47. The number of tetrazole rings is 1. The van der Waals surface area contributed by atoms with Crippen LogP contribution in [0.5, 0.6) is 5.75 Å². The molecular weight excluding hydrogens is 340 g/mol. The summed E-state index contributed by atoms with van der Waals surface area (Å²) in [5.74, 6) is -0.401. The fraction of sp³-hybridized carbons (Fsp3) is 0.312. The molecule has 3 rings (SSSR count). The molecule has 0 bridgehead atoms. The van der Waals surface area contributed by atoms with E-state index in [4.69, 9.17) is 0 Å². The lowest BCUT2D eigenvalue weighted by molar-refractivity contribution is 0.0736. The lowest BCUT2D eigenvalue weighted by Crippen LogP contribution is -2.30. The maximum Gasteiger partial charge on any atom is 0.257 e. The maximum atomic E-state index is 12.8. The van der Waals surface area contributed by atoms with E-state index in [1.54, 1.807) is 35.4 Å². The summed E-state index contributed by atoms with van der Waals surface area (Å²) in [5, 5.41) is 22.1. The lowest BCUT2D eigenvalue weighted by atomic mass is 10.1. The van der Waals surface area contributed by atoms with E-state index in [9.17, 15) is 9.90 Å². The molecule has 0 radical (unpaired) electrons. The van der Waals surface area contributed by atoms with E-state index < -0.39 is 0 Å². The molecule has 1 aromatic carbocycles. The van der Waals surface area contributed by atoms with Crippen LogP contribution < -0.4 is 0 Å². The van der Waals surface area contributed by atoms with Gasteiger partial charge in [-0.1, -0.05) is 0 Å². The zero-order valence-electron chi connectivity index (χ0n) is 14.3. The highest BCUT2D eigenvalue weighted by atomic mass is 32.1. The molecule has 25 heavy (non-hydrogen) atoms. The number of aromatic nitrogens is 5. The van der Waals surface area contributed by atoms with Gasteiger partial charge in [-0.05, 0) is 43.3 Å². The number of rotatable bonds is 4. The number of carbonyl (C=O) groups excluding carboxylic acids is 1. The van der Waals surface area contributed by atoms with Crippen LogP contribution in [0.3, 0.4) is 0 Å². The average Bonchev–Trinajstić information content (AvgIpc) is 3.22. The number of hydrogen-bond acceptors (Lipinski definition) is 7. The SMILES string of the molecule is Cc1nc([C@H](C)N(C)C(=O)c2ccc(-n3cnnn3)cc2O)c(C)s1. The van der Waals surface area contributed by atoms with Crippen LogP contribution in [-0.4, -0.2) is 48.2 Å². The van der Waals surface area contributed by atoms with Crippen molar-refractivity contribution in [3.8, 4) is 11.4 Å². The fourth-order valence-corrected chi connectivity index (χ4v) is 3.51. The molecule has 0 unspecified atom stereocenters. The second kappa shape index (κ2) is 6.60. The fourth-order valence-electron chi connectivity index (χ4n) is 2.60. The third-order valence-electron chi connectivity index (χ3n) is 4.06. The Bertz CT molecular complexity index is 905. The van der Waals surface area contributed by atoms with Crippen molar-refractivity contribution in [2.75, 3.05) is 7.05 Å². The molecule has 0 aliphatic carbocycles. The van der Waals surface area contributed by atoms with Crippen LogP contribution in [0.25, 0.3) is 5.69 Å². The van der Waals surface area contributed by atoms with Crippen molar-refractivity contribution in [3.05, 3.63) is 45.7 Å². The molecule has 0 aliphatic heterocycles. The molecule has 1 amide bonds. The zero-order valence-corrected chi connectivity index (χ0v) is 15.2. The Hall–Kier alpha value is -2.81. The van der Waals surface area contributed by atoms with Gasteiger partial charge in [-0.2, -0.15) is 0 Å². The Morgan fingerprint density at radius 2 is 2.12 bits per heavy atom. The quantitative estimate of drug-likeness (QED) is 0.768. The number of aromatic hydroxyl groups is 1. The summed E-state index contributed by atoms with van der Waals surface area (Å²) in [5.41, 5.74) is 1.67. The topological polar surface area (TPSA) is 97.0 Å². The van der Waals surface area contributed by atoms with Crippen LogP contribution in [0.4, 0.5) is 0 Å². The predicted molar refractivity (Wildman–Crippen MR) is 92.9 cm³/mol. The minimum absolute atomic E-state index is 0.122. The Labute approximate surface area is 148 Å². The molecule has 2 heterocycles. The second-order valence-electron chi connectivity index (χ2n) is 5.72. The van der Waals surface area contributed by atoms with Gasteiger partial charge in [-0.15, -0.1) is 16.4 Å². The van der Waals surface area contributed by atoms with Gasteiger partial charge in [0.15, 0.2) is 0 Å². The molecule has 0 saturated heterocycles. The number of thiazole rings is 1. The van der Waals surface area contributed by atoms with Crippen molar-refractivity contribution in [3.63, 3.8) is 0 Å². The molecule has 1 N–H and O–H groups in total. The minimum atomic E-state index is -0.279. The number of aryl methyl sites for hydroxylation is 2. The van der Waals surface area contributed by atoms with Crippen LogP contribution >= 0.6 is 11.3 Å². The summed E-state index contributed by atoms with van der Waals surface area (Å²) in [7, 11) is 1.70. The number of hydrogen-bond donors (Lipinski definition) is 1. The summed E-state index contributed by atoms with van der Waals surface area (Å²) in [6.45, 7) is 5.86. The Kier molecular flexibility index (Phi) is 4.49. The third kappa shape index (κ3) is 3.22. The number of benzene rings is 1. The number of amides is 1. The monoisotopic (exact) mass is 358 g/mol. The third-order valence-corrected chi connectivity index (χ3v) is 4.96. The van der Waals surface area contributed by atoms with Crippen LogP contribution in [0.15, 0.2) is 24.5 Å². The smallest absolute Gasteiger partial charge is 0.257 e. The molecule has 0 fully saturated rings. The van der Waals surface area contributed by atoms with Crippen LogP contribution in [0.2, 0.25) is 0 Å². The maximum absolute atomic E-state index is 12.8. The summed E-state index contributed by atoms with van der Waals surface area (Å²) in [6.07, 6.45) is 1.41. The average molecular weight is 358 g/mol. The first-order valence-electron chi connectivity index (χ1n) is 7.66.